The van der Waals surface area contributed by atoms with Gasteiger partial charge in [0.05, 0.1) is 18.8 Å². The number of hydrogen-bond donors (Lipinski definition) is 0. The van der Waals surface area contributed by atoms with Gasteiger partial charge in [-0.3, -0.25) is 0 Å². The highest BCUT2D eigenvalue weighted by Gasteiger charge is 2.52. The highest BCUT2D eigenvalue weighted by molar-refractivity contribution is 6.99. The highest BCUT2D eigenvalue weighted by Crippen LogP contribution is 2.45. The third-order valence-electron chi connectivity index (χ3n) is 12.8. The van der Waals surface area contributed by atoms with Gasteiger partial charge in [-0.2, -0.15) is 0 Å². The third-order valence-corrected chi connectivity index (χ3v) is 24.2. The molecule has 358 valence electrons. The van der Waals surface area contributed by atoms with Crippen molar-refractivity contribution in [2.75, 3.05) is 27.3 Å². The van der Waals surface area contributed by atoms with E-state index in [-0.39, 0.29) is 41.2 Å². The Balaban J connectivity index is 1.49. The molecule has 0 radical (unpaired) electrons. The summed E-state index contributed by atoms with van der Waals surface area (Å²) in [6.07, 6.45) is 7.34. The number of methoxy groups -OCH3 is 1. The average Bonchev–Trinajstić information content (AvgIpc) is 3.82. The first-order valence-corrected chi connectivity index (χ1v) is 31.8. The van der Waals surface area contributed by atoms with Gasteiger partial charge in [-0.1, -0.05) is 153 Å². The predicted molar refractivity (Wildman–Crippen MR) is 270 cm³/mol. The summed E-state index contributed by atoms with van der Waals surface area (Å²) in [7, 11) is -5.09. The Morgan fingerprint density at radius 2 is 1.46 bits per heavy atom. The Kier molecular flexibility index (Phi) is 17.1. The normalized spacial score (nSPS) is 19.4. The van der Waals surface area contributed by atoms with E-state index in [4.69, 9.17) is 42.0 Å². The van der Waals surface area contributed by atoms with Crippen molar-refractivity contribution in [1.82, 2.24) is 0 Å². The minimum Gasteiger partial charge on any atom is -0.466 e. The zero-order chi connectivity index (χ0) is 48.0. The number of fused-ring (bicyclic) bond motifs is 1. The maximum absolute atomic E-state index is 13.9. The van der Waals surface area contributed by atoms with Gasteiger partial charge in [0.2, 0.25) is 6.79 Å². The van der Waals surface area contributed by atoms with E-state index in [1.54, 1.807) is 6.07 Å². The molecule has 2 aliphatic heterocycles. The highest BCUT2D eigenvalue weighted by atomic mass is 28.4. The van der Waals surface area contributed by atoms with Crippen molar-refractivity contribution in [3.05, 3.63) is 96.1 Å². The Labute approximate surface area is 393 Å². The number of benzene rings is 3. The van der Waals surface area contributed by atoms with Crippen LogP contribution in [-0.2, 0) is 27.8 Å². The lowest BCUT2D eigenvalue weighted by molar-refractivity contribution is -0.151. The van der Waals surface area contributed by atoms with Crippen LogP contribution < -0.4 is 24.6 Å². The Bertz CT molecular complexity index is 2040. The van der Waals surface area contributed by atoms with E-state index in [0.717, 1.165) is 6.04 Å². The van der Waals surface area contributed by atoms with Gasteiger partial charge in [0.15, 0.2) is 32.4 Å². The summed E-state index contributed by atoms with van der Waals surface area (Å²) in [6, 6.07) is 24.1. The van der Waals surface area contributed by atoms with Gasteiger partial charge in [-0.05, 0) is 72.7 Å². The van der Waals surface area contributed by atoms with Gasteiger partial charge in [0, 0.05) is 32.9 Å². The summed E-state index contributed by atoms with van der Waals surface area (Å²) >= 11 is 0. The molecule has 0 bridgehead atoms. The molecule has 2 heterocycles. The first kappa shape index (κ1) is 52.4. The zero-order valence-electron chi connectivity index (χ0n) is 42.2. The van der Waals surface area contributed by atoms with Crippen molar-refractivity contribution in [2.45, 2.75) is 155 Å². The zero-order valence-corrected chi connectivity index (χ0v) is 45.2. The quantitative estimate of drug-likeness (QED) is 0.0471. The molecule has 0 amide bonds. The number of carbonyl (C=O) groups excluding carboxylic acids is 1. The molecule has 0 aromatic heterocycles. The molecule has 3 aromatic rings. The van der Waals surface area contributed by atoms with Crippen LogP contribution >= 0.6 is 0 Å². The molecule has 0 saturated carbocycles. The molecule has 5 rings (SSSR count). The summed E-state index contributed by atoms with van der Waals surface area (Å²) in [5, 5.41) is 2.28. The van der Waals surface area contributed by atoms with Crippen molar-refractivity contribution in [1.29, 1.82) is 0 Å². The first-order chi connectivity index (χ1) is 30.3. The Morgan fingerprint density at radius 3 is 2.02 bits per heavy atom. The number of ether oxygens (including phenoxy) is 7. The maximum atomic E-state index is 13.9. The van der Waals surface area contributed by atoms with Crippen LogP contribution in [0.15, 0.2) is 85.0 Å². The summed E-state index contributed by atoms with van der Waals surface area (Å²) in [4.78, 5) is 13.9. The largest absolute Gasteiger partial charge is 0.466 e. The van der Waals surface area contributed by atoms with Gasteiger partial charge in [-0.25, -0.2) is 4.79 Å². The lowest BCUT2D eigenvalue weighted by Crippen LogP contribution is -2.67. The first-order valence-electron chi connectivity index (χ1n) is 23.2. The second kappa shape index (κ2) is 21.2. The minimum atomic E-state index is -2.80. The van der Waals surface area contributed by atoms with Crippen molar-refractivity contribution in [3.63, 3.8) is 0 Å². The van der Waals surface area contributed by atoms with E-state index < -0.39 is 54.8 Å². The maximum Gasteiger partial charge on any atom is 0.342 e. The molecule has 2 unspecified atom stereocenters. The average molecular weight is 947 g/mol. The van der Waals surface area contributed by atoms with Crippen LogP contribution in [0.3, 0.4) is 0 Å². The predicted octanol–water partition coefficient (Wildman–Crippen LogP) is 11.4. The Morgan fingerprint density at radius 1 is 0.846 bits per heavy atom. The van der Waals surface area contributed by atoms with E-state index in [1.807, 2.05) is 26.0 Å². The van der Waals surface area contributed by atoms with Crippen LogP contribution in [0.2, 0.25) is 48.9 Å². The SMILES string of the molecule is COCOc1cc2c(c(/C=C/C[C@@H]3OC(C)(C)O[C@@H]3C(/C=C\[C@@H](C)C(C)O[Si](c3ccccc3)(c3ccccc3)C(C)(C)C)O[Si](C)(C)C(C)(C)C)c1C(=O)OCC[Si](C)(C)C)OCO2. The van der Waals surface area contributed by atoms with Crippen molar-refractivity contribution in [2.24, 2.45) is 5.92 Å². The van der Waals surface area contributed by atoms with Crippen LogP contribution in [0.1, 0.15) is 91.6 Å². The summed E-state index contributed by atoms with van der Waals surface area (Å²) in [5.41, 5.74) is 0.764. The smallest absolute Gasteiger partial charge is 0.342 e. The van der Waals surface area contributed by atoms with Gasteiger partial charge in [0.25, 0.3) is 8.32 Å². The number of carbonyl (C=O) groups is 1. The molecule has 0 aliphatic carbocycles. The minimum absolute atomic E-state index is 0.0165. The van der Waals surface area contributed by atoms with Crippen LogP contribution in [0.5, 0.6) is 17.2 Å². The van der Waals surface area contributed by atoms with Gasteiger partial charge in [-0.15, -0.1) is 0 Å². The molecule has 2 aliphatic rings. The fourth-order valence-corrected chi connectivity index (χ4v) is 14.8. The molecule has 1 fully saturated rings. The van der Waals surface area contributed by atoms with Crippen molar-refractivity contribution in [3.8, 4) is 17.2 Å². The molecular weight excluding hydrogens is 869 g/mol. The number of esters is 1. The molecule has 13 heteroatoms. The third kappa shape index (κ3) is 12.9. The topological polar surface area (TPSA) is 100 Å². The molecular formula is C52H78O10Si3. The molecule has 0 N–H and O–H groups in total. The molecule has 65 heavy (non-hydrogen) atoms. The molecule has 10 nitrogen and oxygen atoms in total. The van der Waals surface area contributed by atoms with Crippen molar-refractivity contribution < 1.29 is 46.8 Å². The fourth-order valence-electron chi connectivity index (χ4n) is 8.07. The summed E-state index contributed by atoms with van der Waals surface area (Å²) < 4.78 is 57.2. The second-order valence-electron chi connectivity index (χ2n) is 21.7. The van der Waals surface area contributed by atoms with Crippen LogP contribution in [0.4, 0.5) is 0 Å². The fraction of sp³-hybridized carbons (Fsp3) is 0.558. The van der Waals surface area contributed by atoms with E-state index in [0.29, 0.717) is 35.8 Å². The lowest BCUT2D eigenvalue weighted by Gasteiger charge is -2.45. The molecule has 0 spiro atoms. The van der Waals surface area contributed by atoms with Gasteiger partial charge in [0.1, 0.15) is 17.4 Å². The van der Waals surface area contributed by atoms with Gasteiger partial charge < -0.3 is 42.0 Å². The van der Waals surface area contributed by atoms with E-state index in [1.165, 1.54) is 17.5 Å². The standard InChI is InChI=1S/C52H78O10Si3/c1-37(38(2)61-65(51(6,7)8,39-24-19-17-20-25-39)40-26-21-18-22-27-40)30-31-43(62-64(15,16)50(3,4)5)48-42(59-52(9,10)60-48)29-23-28-41-46(49(53)55-32-33-63(12,13)14)44(56-35-54-11)34-45-47(41)58-36-57-45/h17-28,30-31,34,37-38,42-43,48H,29,32-33,35-36H2,1-16H3/b28-23+,31-30-/t37-,38?,42+,43?,48+/m1/s1. The second-order valence-corrected chi connectivity index (χ2v) is 36.4. The molecule has 5 atom stereocenters. The number of hydrogen-bond acceptors (Lipinski definition) is 10. The van der Waals surface area contributed by atoms with Gasteiger partial charge >= 0.3 is 5.97 Å². The van der Waals surface area contributed by atoms with Crippen LogP contribution in [-0.4, -0.2) is 88.2 Å². The summed E-state index contributed by atoms with van der Waals surface area (Å²) in [5.74, 6) is -0.130. The summed E-state index contributed by atoms with van der Waals surface area (Å²) in [6.45, 7) is 33.5. The van der Waals surface area contributed by atoms with E-state index >= 15 is 0 Å². The number of rotatable bonds is 20. The van der Waals surface area contributed by atoms with Crippen molar-refractivity contribution >= 4 is 47.1 Å². The lowest BCUT2D eigenvalue weighted by atomic mass is 9.99. The monoisotopic (exact) mass is 946 g/mol. The Hall–Kier alpha value is -3.54. The van der Waals surface area contributed by atoms with Crippen LogP contribution in [0, 0.1) is 5.92 Å². The molecule has 1 saturated heterocycles. The molecule has 3 aromatic carbocycles. The van der Waals surface area contributed by atoms with E-state index in [9.17, 15) is 4.79 Å². The van der Waals surface area contributed by atoms with E-state index in [2.05, 4.69) is 161 Å². The van der Waals surface area contributed by atoms with Crippen LogP contribution in [0.25, 0.3) is 6.08 Å².